The summed E-state index contributed by atoms with van der Waals surface area (Å²) in [6.07, 6.45) is 1.12. The van der Waals surface area contributed by atoms with Crippen LogP contribution in [0.1, 0.15) is 16.7 Å². The zero-order valence-electron chi connectivity index (χ0n) is 13.7. The van der Waals surface area contributed by atoms with Crippen LogP contribution in [0.25, 0.3) is 0 Å². The maximum atomic E-state index is 11.7. The second-order valence-electron chi connectivity index (χ2n) is 5.30. The van der Waals surface area contributed by atoms with E-state index in [0.717, 1.165) is 17.3 Å². The van der Waals surface area contributed by atoms with Gasteiger partial charge in [-0.05, 0) is 43.2 Å². The van der Waals surface area contributed by atoms with Crippen LogP contribution in [0.3, 0.4) is 0 Å². The molecule has 0 aromatic heterocycles. The van der Waals surface area contributed by atoms with Crippen molar-refractivity contribution in [3.8, 4) is 11.5 Å². The zero-order chi connectivity index (χ0) is 18.4. The molecule has 0 aliphatic heterocycles. The van der Waals surface area contributed by atoms with Crippen molar-refractivity contribution in [3.63, 3.8) is 0 Å². The van der Waals surface area contributed by atoms with E-state index >= 15 is 0 Å². The monoisotopic (exact) mass is 343 g/mol. The molecule has 0 aliphatic carbocycles. The van der Waals surface area contributed by atoms with Gasteiger partial charge < -0.3 is 9.84 Å². The Morgan fingerprint density at radius 1 is 1.32 bits per heavy atom. The van der Waals surface area contributed by atoms with Crippen LogP contribution in [0.15, 0.2) is 41.5 Å². The van der Waals surface area contributed by atoms with Crippen LogP contribution in [0, 0.1) is 24.0 Å². The summed E-state index contributed by atoms with van der Waals surface area (Å²) in [5, 5.41) is 24.1. The number of carbonyl (C=O) groups excluding carboxylic acids is 1. The number of ether oxygens (including phenoxy) is 1. The topological polar surface area (TPSA) is 114 Å². The molecule has 2 aromatic rings. The van der Waals surface area contributed by atoms with Crippen LogP contribution < -0.4 is 10.2 Å². The third kappa shape index (κ3) is 4.77. The molecular formula is C17H17N3O5. The van der Waals surface area contributed by atoms with Gasteiger partial charge in [0.05, 0.1) is 11.1 Å². The fraction of sp³-hybridized carbons (Fsp3) is 0.176. The lowest BCUT2D eigenvalue weighted by atomic mass is 10.1. The summed E-state index contributed by atoms with van der Waals surface area (Å²) in [4.78, 5) is 21.7. The van der Waals surface area contributed by atoms with E-state index in [1.165, 1.54) is 18.2 Å². The number of para-hydroxylation sites is 1. The van der Waals surface area contributed by atoms with Crippen molar-refractivity contribution in [2.24, 2.45) is 5.10 Å². The summed E-state index contributed by atoms with van der Waals surface area (Å²) in [6.45, 7) is 3.68. The number of amides is 1. The Balaban J connectivity index is 1.91. The summed E-state index contributed by atoms with van der Waals surface area (Å²) >= 11 is 0. The highest BCUT2D eigenvalue weighted by Gasteiger charge is 2.15. The number of nitro groups is 1. The number of aromatic hydroxyl groups is 1. The van der Waals surface area contributed by atoms with Crippen molar-refractivity contribution < 1.29 is 19.6 Å². The molecule has 0 heterocycles. The number of hydrazone groups is 1. The molecule has 0 saturated heterocycles. The van der Waals surface area contributed by atoms with Gasteiger partial charge in [-0.3, -0.25) is 14.9 Å². The molecule has 8 nitrogen and oxygen atoms in total. The highest BCUT2D eigenvalue weighted by Crippen LogP contribution is 2.27. The molecule has 1 amide bonds. The highest BCUT2D eigenvalue weighted by molar-refractivity contribution is 5.87. The third-order valence-electron chi connectivity index (χ3n) is 3.48. The normalized spacial score (nSPS) is 10.6. The number of nitrogens with one attached hydrogen (secondary N) is 1. The van der Waals surface area contributed by atoms with Gasteiger partial charge in [-0.25, -0.2) is 5.43 Å². The third-order valence-corrected chi connectivity index (χ3v) is 3.48. The number of nitrogens with zero attached hydrogens (tertiary/aromatic N) is 2. The zero-order valence-corrected chi connectivity index (χ0v) is 13.7. The van der Waals surface area contributed by atoms with Crippen molar-refractivity contribution >= 4 is 17.8 Å². The molecule has 0 saturated carbocycles. The van der Waals surface area contributed by atoms with Crippen LogP contribution in [0.4, 0.5) is 5.69 Å². The van der Waals surface area contributed by atoms with E-state index in [0.29, 0.717) is 5.75 Å². The first-order chi connectivity index (χ1) is 11.9. The first kappa shape index (κ1) is 17.9. The number of hydrogen-bond acceptors (Lipinski definition) is 6. The summed E-state index contributed by atoms with van der Waals surface area (Å²) in [7, 11) is 0. The van der Waals surface area contributed by atoms with Gasteiger partial charge in [-0.1, -0.05) is 12.1 Å². The van der Waals surface area contributed by atoms with Gasteiger partial charge in [0.2, 0.25) is 5.75 Å². The largest absolute Gasteiger partial charge is 0.502 e. The van der Waals surface area contributed by atoms with Crippen LogP contribution in [-0.4, -0.2) is 28.8 Å². The Hall–Kier alpha value is -3.42. The quantitative estimate of drug-likeness (QED) is 0.475. The molecular weight excluding hydrogens is 326 g/mol. The molecule has 0 fully saturated rings. The lowest BCUT2D eigenvalue weighted by Crippen LogP contribution is -2.24. The van der Waals surface area contributed by atoms with E-state index in [4.69, 9.17) is 4.74 Å². The SMILES string of the molecule is Cc1ccc(OCC(=O)NN=Cc2cccc([N+](=O)[O-])c2O)cc1C. The van der Waals surface area contributed by atoms with E-state index in [9.17, 15) is 20.0 Å². The minimum Gasteiger partial charge on any atom is -0.502 e. The van der Waals surface area contributed by atoms with Crippen LogP contribution in [0.2, 0.25) is 0 Å². The number of rotatable bonds is 6. The van der Waals surface area contributed by atoms with Crippen molar-refractivity contribution in [1.82, 2.24) is 5.43 Å². The van der Waals surface area contributed by atoms with E-state index in [1.807, 2.05) is 26.0 Å². The number of benzene rings is 2. The molecule has 0 unspecified atom stereocenters. The summed E-state index contributed by atoms with van der Waals surface area (Å²) < 4.78 is 5.36. The minimum atomic E-state index is -0.706. The van der Waals surface area contributed by atoms with Crippen molar-refractivity contribution in [2.75, 3.05) is 6.61 Å². The first-order valence-corrected chi connectivity index (χ1v) is 7.37. The number of aryl methyl sites for hydroxylation is 2. The van der Waals surface area contributed by atoms with Gasteiger partial charge in [-0.15, -0.1) is 0 Å². The summed E-state index contributed by atoms with van der Waals surface area (Å²) in [6, 6.07) is 9.49. The number of hydrogen-bond donors (Lipinski definition) is 2. The van der Waals surface area contributed by atoms with Crippen LogP contribution in [0.5, 0.6) is 11.5 Å². The summed E-state index contributed by atoms with van der Waals surface area (Å²) in [5.41, 5.74) is 4.08. The Morgan fingerprint density at radius 3 is 2.76 bits per heavy atom. The van der Waals surface area contributed by atoms with E-state index in [1.54, 1.807) is 6.07 Å². The molecule has 130 valence electrons. The molecule has 0 spiro atoms. The smallest absolute Gasteiger partial charge is 0.311 e. The number of phenolic OH excluding ortho intramolecular Hbond substituents is 1. The average Bonchev–Trinajstić information content (AvgIpc) is 2.57. The second kappa shape index (κ2) is 7.91. The molecule has 2 N–H and O–H groups in total. The Kier molecular flexibility index (Phi) is 5.67. The molecule has 0 radical (unpaired) electrons. The molecule has 8 heteroatoms. The van der Waals surface area contributed by atoms with Crippen molar-refractivity contribution in [3.05, 3.63) is 63.2 Å². The summed E-state index contributed by atoms with van der Waals surface area (Å²) in [5.74, 6) is -0.449. The molecule has 0 aliphatic rings. The number of carbonyl (C=O) groups is 1. The van der Waals surface area contributed by atoms with E-state index in [2.05, 4.69) is 10.5 Å². The standard InChI is InChI=1S/C17H17N3O5/c1-11-6-7-14(8-12(11)2)25-10-16(21)19-18-9-13-4-3-5-15(17(13)22)20(23)24/h3-9,22H,10H2,1-2H3,(H,19,21). The van der Waals surface area contributed by atoms with Crippen molar-refractivity contribution in [1.29, 1.82) is 0 Å². The first-order valence-electron chi connectivity index (χ1n) is 7.37. The Bertz CT molecular complexity index is 833. The van der Waals surface area contributed by atoms with E-state index in [-0.39, 0.29) is 12.2 Å². The van der Waals surface area contributed by atoms with Gasteiger partial charge in [0, 0.05) is 11.6 Å². The van der Waals surface area contributed by atoms with Crippen LogP contribution in [-0.2, 0) is 4.79 Å². The maximum absolute atomic E-state index is 11.7. The number of nitro benzene ring substituents is 1. The predicted octanol–water partition coefficient (Wildman–Crippen LogP) is 2.45. The second-order valence-corrected chi connectivity index (χ2v) is 5.30. The number of phenols is 1. The van der Waals surface area contributed by atoms with Gasteiger partial charge in [0.15, 0.2) is 6.61 Å². The van der Waals surface area contributed by atoms with Gasteiger partial charge >= 0.3 is 5.69 Å². The Morgan fingerprint density at radius 2 is 2.08 bits per heavy atom. The fourth-order valence-corrected chi connectivity index (χ4v) is 1.96. The van der Waals surface area contributed by atoms with Gasteiger partial charge in [0.1, 0.15) is 5.75 Å². The molecule has 2 aromatic carbocycles. The van der Waals surface area contributed by atoms with Crippen molar-refractivity contribution in [2.45, 2.75) is 13.8 Å². The van der Waals surface area contributed by atoms with E-state index < -0.39 is 22.3 Å². The highest BCUT2D eigenvalue weighted by atomic mass is 16.6. The maximum Gasteiger partial charge on any atom is 0.311 e. The predicted molar refractivity (Wildman–Crippen MR) is 91.9 cm³/mol. The molecule has 2 rings (SSSR count). The van der Waals surface area contributed by atoms with Gasteiger partial charge in [0.25, 0.3) is 5.91 Å². The van der Waals surface area contributed by atoms with Crippen LogP contribution >= 0.6 is 0 Å². The lowest BCUT2D eigenvalue weighted by Gasteiger charge is -2.07. The molecule has 0 atom stereocenters. The molecule has 25 heavy (non-hydrogen) atoms. The average molecular weight is 343 g/mol. The molecule has 0 bridgehead atoms. The minimum absolute atomic E-state index is 0.115. The lowest BCUT2D eigenvalue weighted by molar-refractivity contribution is -0.385. The Labute approximate surface area is 143 Å². The fourth-order valence-electron chi connectivity index (χ4n) is 1.96. The van der Waals surface area contributed by atoms with Gasteiger partial charge in [-0.2, -0.15) is 5.10 Å².